The van der Waals surface area contributed by atoms with Crippen molar-refractivity contribution in [3.8, 4) is 11.5 Å². The van der Waals surface area contributed by atoms with Crippen LogP contribution in [-0.4, -0.2) is 19.6 Å². The van der Waals surface area contributed by atoms with E-state index in [1.807, 2.05) is 48.5 Å². The number of benzene rings is 2. The molecule has 0 aliphatic carbocycles. The van der Waals surface area contributed by atoms with Gasteiger partial charge in [-0.3, -0.25) is 4.79 Å². The van der Waals surface area contributed by atoms with Crippen molar-refractivity contribution in [2.45, 2.75) is 12.8 Å². The van der Waals surface area contributed by atoms with Crippen LogP contribution in [0.15, 0.2) is 53.0 Å². The molecule has 0 saturated carbocycles. The number of para-hydroxylation sites is 2. The van der Waals surface area contributed by atoms with Crippen molar-refractivity contribution in [3.05, 3.63) is 53.0 Å². The molecular weight excluding hydrogens is 346 g/mol. The van der Waals surface area contributed by atoms with Gasteiger partial charge in [-0.25, -0.2) is 0 Å². The zero-order valence-corrected chi connectivity index (χ0v) is 13.9. The van der Waals surface area contributed by atoms with Crippen LogP contribution in [0.25, 0.3) is 0 Å². The molecule has 2 aromatic carbocycles. The van der Waals surface area contributed by atoms with Gasteiger partial charge in [0, 0.05) is 10.9 Å². The summed E-state index contributed by atoms with van der Waals surface area (Å²) in [6.07, 6.45) is 1.04. The van der Waals surface area contributed by atoms with Crippen LogP contribution in [0.1, 0.15) is 12.8 Å². The molecule has 2 aromatic rings. The molecule has 0 bridgehead atoms. The average Bonchev–Trinajstić information content (AvgIpc) is 2.52. The Morgan fingerprint density at radius 3 is 2.77 bits per heavy atom. The minimum Gasteiger partial charge on any atom is -0.495 e. The number of amides is 1. The van der Waals surface area contributed by atoms with Crippen molar-refractivity contribution < 1.29 is 14.3 Å². The number of anilines is 1. The van der Waals surface area contributed by atoms with Gasteiger partial charge in [0.25, 0.3) is 0 Å². The molecule has 0 aliphatic rings. The first-order valence-electron chi connectivity index (χ1n) is 7.00. The first-order chi connectivity index (χ1) is 10.7. The van der Waals surface area contributed by atoms with Crippen LogP contribution in [0, 0.1) is 0 Å². The summed E-state index contributed by atoms with van der Waals surface area (Å²) in [5.74, 6) is 1.39. The van der Waals surface area contributed by atoms with E-state index in [0.29, 0.717) is 30.9 Å². The van der Waals surface area contributed by atoms with E-state index in [1.165, 1.54) is 0 Å². The zero-order chi connectivity index (χ0) is 15.8. The molecule has 0 heterocycles. The predicted molar refractivity (Wildman–Crippen MR) is 90.5 cm³/mol. The molecule has 1 N–H and O–H groups in total. The second kappa shape index (κ2) is 8.44. The number of carbonyl (C=O) groups is 1. The lowest BCUT2D eigenvalue weighted by Gasteiger charge is -2.10. The highest BCUT2D eigenvalue weighted by Gasteiger charge is 2.06. The van der Waals surface area contributed by atoms with E-state index >= 15 is 0 Å². The first-order valence-corrected chi connectivity index (χ1v) is 7.79. The van der Waals surface area contributed by atoms with Gasteiger partial charge >= 0.3 is 0 Å². The number of rotatable bonds is 7. The van der Waals surface area contributed by atoms with Crippen molar-refractivity contribution in [2.75, 3.05) is 19.0 Å². The summed E-state index contributed by atoms with van der Waals surface area (Å²) < 4.78 is 11.8. The summed E-state index contributed by atoms with van der Waals surface area (Å²) in [4.78, 5) is 11.9. The summed E-state index contributed by atoms with van der Waals surface area (Å²) in [5.41, 5.74) is 0.683. The molecule has 1 amide bonds. The number of halogens is 1. The zero-order valence-electron chi connectivity index (χ0n) is 12.3. The topological polar surface area (TPSA) is 47.6 Å². The molecule has 0 spiro atoms. The van der Waals surface area contributed by atoms with E-state index < -0.39 is 0 Å². The van der Waals surface area contributed by atoms with Crippen LogP contribution < -0.4 is 14.8 Å². The average molecular weight is 364 g/mol. The van der Waals surface area contributed by atoms with Gasteiger partial charge < -0.3 is 14.8 Å². The third kappa shape index (κ3) is 5.07. The maximum atomic E-state index is 11.9. The minimum absolute atomic E-state index is 0.0534. The Morgan fingerprint density at radius 1 is 1.18 bits per heavy atom. The quantitative estimate of drug-likeness (QED) is 0.747. The van der Waals surface area contributed by atoms with Gasteiger partial charge in [0.2, 0.25) is 5.91 Å². The Morgan fingerprint density at radius 2 is 2.00 bits per heavy atom. The summed E-state index contributed by atoms with van der Waals surface area (Å²) in [7, 11) is 1.58. The Bertz CT molecular complexity index is 631. The van der Waals surface area contributed by atoms with Crippen molar-refractivity contribution >= 4 is 27.5 Å². The maximum Gasteiger partial charge on any atom is 0.224 e. The highest BCUT2D eigenvalue weighted by molar-refractivity contribution is 9.10. The van der Waals surface area contributed by atoms with E-state index in [0.717, 1.165) is 10.2 Å². The third-order valence-corrected chi connectivity index (χ3v) is 3.49. The van der Waals surface area contributed by atoms with Gasteiger partial charge in [0.1, 0.15) is 11.5 Å². The molecule has 0 aliphatic heterocycles. The highest BCUT2D eigenvalue weighted by atomic mass is 79.9. The fraction of sp³-hybridized carbons (Fsp3) is 0.235. The first kappa shape index (κ1) is 16.4. The van der Waals surface area contributed by atoms with Crippen LogP contribution in [-0.2, 0) is 4.79 Å². The SMILES string of the molecule is COc1ccccc1NC(=O)CCCOc1cccc(Br)c1. The van der Waals surface area contributed by atoms with Crippen LogP contribution >= 0.6 is 15.9 Å². The van der Waals surface area contributed by atoms with Gasteiger partial charge in [-0.1, -0.05) is 34.1 Å². The van der Waals surface area contributed by atoms with Gasteiger partial charge in [0.05, 0.1) is 19.4 Å². The molecule has 5 heteroatoms. The van der Waals surface area contributed by atoms with E-state index in [1.54, 1.807) is 7.11 Å². The van der Waals surface area contributed by atoms with E-state index in [-0.39, 0.29) is 5.91 Å². The maximum absolute atomic E-state index is 11.9. The molecule has 116 valence electrons. The summed E-state index contributed by atoms with van der Waals surface area (Å²) in [6, 6.07) is 15.0. The molecule has 0 radical (unpaired) electrons. The van der Waals surface area contributed by atoms with Crippen LogP contribution in [0.3, 0.4) is 0 Å². The smallest absolute Gasteiger partial charge is 0.224 e. The van der Waals surface area contributed by atoms with Gasteiger partial charge in [-0.05, 0) is 36.8 Å². The van der Waals surface area contributed by atoms with E-state index in [9.17, 15) is 4.79 Å². The molecule has 0 atom stereocenters. The Hall–Kier alpha value is -2.01. The van der Waals surface area contributed by atoms with Crippen LogP contribution in [0.4, 0.5) is 5.69 Å². The van der Waals surface area contributed by atoms with Crippen molar-refractivity contribution in [1.29, 1.82) is 0 Å². The number of ether oxygens (including phenoxy) is 2. The standard InChI is InChI=1S/C17H18BrNO3/c1-21-16-9-3-2-8-15(16)19-17(20)10-5-11-22-14-7-4-6-13(18)12-14/h2-4,6-9,12H,5,10-11H2,1H3,(H,19,20). The molecule has 0 fully saturated rings. The molecular formula is C17H18BrNO3. The van der Waals surface area contributed by atoms with Crippen molar-refractivity contribution in [2.24, 2.45) is 0 Å². The van der Waals surface area contributed by atoms with Crippen molar-refractivity contribution in [3.63, 3.8) is 0 Å². The second-order valence-electron chi connectivity index (χ2n) is 4.66. The second-order valence-corrected chi connectivity index (χ2v) is 5.57. The number of carbonyl (C=O) groups excluding carboxylic acids is 1. The number of hydrogen-bond acceptors (Lipinski definition) is 3. The lowest BCUT2D eigenvalue weighted by atomic mass is 10.2. The normalized spacial score (nSPS) is 10.1. The van der Waals surface area contributed by atoms with Crippen LogP contribution in [0.5, 0.6) is 11.5 Å². The largest absolute Gasteiger partial charge is 0.495 e. The van der Waals surface area contributed by atoms with Crippen molar-refractivity contribution in [1.82, 2.24) is 0 Å². The molecule has 0 unspecified atom stereocenters. The molecule has 0 saturated heterocycles. The lowest BCUT2D eigenvalue weighted by molar-refractivity contribution is -0.116. The Balaban J connectivity index is 1.74. The molecule has 22 heavy (non-hydrogen) atoms. The van der Waals surface area contributed by atoms with Gasteiger partial charge in [-0.15, -0.1) is 0 Å². The monoisotopic (exact) mass is 363 g/mol. The predicted octanol–water partition coefficient (Wildman–Crippen LogP) is 4.26. The number of hydrogen-bond donors (Lipinski definition) is 1. The molecule has 2 rings (SSSR count). The van der Waals surface area contributed by atoms with Crippen LogP contribution in [0.2, 0.25) is 0 Å². The highest BCUT2D eigenvalue weighted by Crippen LogP contribution is 2.23. The molecule has 0 aromatic heterocycles. The number of methoxy groups -OCH3 is 1. The minimum atomic E-state index is -0.0534. The fourth-order valence-electron chi connectivity index (χ4n) is 1.94. The Labute approximate surface area is 138 Å². The fourth-order valence-corrected chi connectivity index (χ4v) is 2.32. The van der Waals surface area contributed by atoms with Gasteiger partial charge in [0.15, 0.2) is 0 Å². The van der Waals surface area contributed by atoms with E-state index in [2.05, 4.69) is 21.2 Å². The Kier molecular flexibility index (Phi) is 6.27. The lowest BCUT2D eigenvalue weighted by Crippen LogP contribution is -2.13. The summed E-state index contributed by atoms with van der Waals surface area (Å²) >= 11 is 3.39. The number of nitrogens with one attached hydrogen (secondary N) is 1. The summed E-state index contributed by atoms with van der Waals surface area (Å²) in [5, 5.41) is 2.84. The third-order valence-electron chi connectivity index (χ3n) is 2.99. The molecule has 4 nitrogen and oxygen atoms in total. The van der Waals surface area contributed by atoms with E-state index in [4.69, 9.17) is 9.47 Å². The summed E-state index contributed by atoms with van der Waals surface area (Å²) in [6.45, 7) is 0.496. The van der Waals surface area contributed by atoms with Gasteiger partial charge in [-0.2, -0.15) is 0 Å².